The molecule has 2 aromatic rings. The monoisotopic (exact) mass is 301 g/mol. The van der Waals surface area contributed by atoms with Crippen LogP contribution in [0.25, 0.3) is 0 Å². The van der Waals surface area contributed by atoms with Crippen molar-refractivity contribution in [3.63, 3.8) is 0 Å². The zero-order valence-corrected chi connectivity index (χ0v) is 11.2. The molecule has 0 fully saturated rings. The first-order valence-corrected chi connectivity index (χ1v) is 6.96. The van der Waals surface area contributed by atoms with E-state index in [1.54, 1.807) is 0 Å². The minimum Gasteiger partial charge on any atom is -0.263 e. The summed E-state index contributed by atoms with van der Waals surface area (Å²) in [6.45, 7) is 0. The Morgan fingerprint density at radius 1 is 0.900 bits per heavy atom. The van der Waals surface area contributed by atoms with Crippen molar-refractivity contribution >= 4 is 15.7 Å². The highest BCUT2D eigenvalue weighted by Gasteiger charge is 2.26. The lowest BCUT2D eigenvalue weighted by atomic mass is 10.3. The summed E-state index contributed by atoms with van der Waals surface area (Å²) >= 11 is 0. The molecule has 0 atom stereocenters. The van der Waals surface area contributed by atoms with Gasteiger partial charge in [-0.05, 0) is 36.4 Å². The van der Waals surface area contributed by atoms with E-state index in [0.29, 0.717) is 4.31 Å². The maximum atomic E-state index is 13.6. The van der Waals surface area contributed by atoms with Crippen molar-refractivity contribution in [2.24, 2.45) is 0 Å². The van der Waals surface area contributed by atoms with Gasteiger partial charge in [0.15, 0.2) is 11.6 Å². The zero-order valence-electron chi connectivity index (χ0n) is 10.3. The average molecular weight is 301 g/mol. The quantitative estimate of drug-likeness (QED) is 0.874. The van der Waals surface area contributed by atoms with Crippen LogP contribution in [-0.2, 0) is 10.0 Å². The van der Waals surface area contributed by atoms with Gasteiger partial charge in [-0.1, -0.05) is 6.07 Å². The summed E-state index contributed by atoms with van der Waals surface area (Å²) in [4.78, 5) is -0.260. The predicted molar refractivity (Wildman–Crippen MR) is 68.3 cm³/mol. The molecule has 2 aromatic carbocycles. The van der Waals surface area contributed by atoms with Crippen LogP contribution in [0.2, 0.25) is 0 Å². The zero-order chi connectivity index (χ0) is 14.9. The van der Waals surface area contributed by atoms with Crippen LogP contribution in [0.4, 0.5) is 18.9 Å². The fraction of sp³-hybridized carbons (Fsp3) is 0.0769. The van der Waals surface area contributed by atoms with Crippen molar-refractivity contribution in [2.45, 2.75) is 4.90 Å². The van der Waals surface area contributed by atoms with Crippen LogP contribution < -0.4 is 4.31 Å². The third-order valence-corrected chi connectivity index (χ3v) is 4.50. The molecule has 0 saturated heterocycles. The number of anilines is 1. The summed E-state index contributed by atoms with van der Waals surface area (Å²) in [7, 11) is -3.14. The van der Waals surface area contributed by atoms with Crippen molar-refractivity contribution in [2.75, 3.05) is 11.4 Å². The van der Waals surface area contributed by atoms with Gasteiger partial charge in [0.1, 0.15) is 11.5 Å². The number of sulfonamides is 1. The standard InChI is InChI=1S/C13H10F3NO2S/c1-17(13-11(15)3-2-4-12(13)16)20(18,19)10-7-5-9(14)6-8-10/h2-8H,1H3. The maximum absolute atomic E-state index is 13.6. The molecular formula is C13H10F3NO2S. The fourth-order valence-electron chi connectivity index (χ4n) is 1.67. The van der Waals surface area contributed by atoms with E-state index < -0.39 is 33.2 Å². The van der Waals surface area contributed by atoms with E-state index in [-0.39, 0.29) is 4.90 Å². The summed E-state index contributed by atoms with van der Waals surface area (Å²) in [5.74, 6) is -2.61. The maximum Gasteiger partial charge on any atom is 0.264 e. The van der Waals surface area contributed by atoms with Gasteiger partial charge in [-0.25, -0.2) is 21.6 Å². The molecular weight excluding hydrogens is 291 g/mol. The molecule has 7 heteroatoms. The molecule has 0 aliphatic rings. The van der Waals surface area contributed by atoms with Gasteiger partial charge in [0.25, 0.3) is 10.0 Å². The normalized spacial score (nSPS) is 11.4. The van der Waals surface area contributed by atoms with Gasteiger partial charge in [0, 0.05) is 7.05 Å². The molecule has 0 aliphatic carbocycles. The molecule has 0 N–H and O–H groups in total. The Hall–Kier alpha value is -2.02. The minimum absolute atomic E-state index is 0.260. The van der Waals surface area contributed by atoms with Gasteiger partial charge in [0.2, 0.25) is 0 Å². The second-order valence-corrected chi connectivity index (χ2v) is 5.97. The Morgan fingerprint density at radius 2 is 1.40 bits per heavy atom. The van der Waals surface area contributed by atoms with Crippen LogP contribution in [0.5, 0.6) is 0 Å². The third kappa shape index (κ3) is 2.49. The molecule has 0 heterocycles. The van der Waals surface area contributed by atoms with Gasteiger partial charge in [-0.3, -0.25) is 4.31 Å². The highest BCUT2D eigenvalue weighted by Crippen LogP contribution is 2.27. The van der Waals surface area contributed by atoms with Crippen molar-refractivity contribution in [1.29, 1.82) is 0 Å². The van der Waals surface area contributed by atoms with Crippen LogP contribution in [0, 0.1) is 17.5 Å². The number of rotatable bonds is 3. The molecule has 0 unspecified atom stereocenters. The Balaban J connectivity index is 2.52. The minimum atomic E-state index is -4.17. The molecule has 2 rings (SSSR count). The van der Waals surface area contributed by atoms with Crippen molar-refractivity contribution in [3.05, 3.63) is 59.9 Å². The lowest BCUT2D eigenvalue weighted by Gasteiger charge is -2.20. The van der Waals surface area contributed by atoms with E-state index in [0.717, 1.165) is 49.5 Å². The van der Waals surface area contributed by atoms with Crippen LogP contribution in [0.1, 0.15) is 0 Å². The highest BCUT2D eigenvalue weighted by molar-refractivity contribution is 7.92. The molecule has 0 aliphatic heterocycles. The second-order valence-electron chi connectivity index (χ2n) is 4.00. The molecule has 106 valence electrons. The molecule has 20 heavy (non-hydrogen) atoms. The summed E-state index contributed by atoms with van der Waals surface area (Å²) in [6.07, 6.45) is 0. The molecule has 0 amide bonds. The molecule has 0 bridgehead atoms. The van der Waals surface area contributed by atoms with Crippen LogP contribution in [0.3, 0.4) is 0 Å². The number of hydrogen-bond acceptors (Lipinski definition) is 2. The van der Waals surface area contributed by atoms with E-state index in [2.05, 4.69) is 0 Å². The van der Waals surface area contributed by atoms with E-state index in [4.69, 9.17) is 0 Å². The van der Waals surface area contributed by atoms with Gasteiger partial charge in [-0.2, -0.15) is 0 Å². The molecule has 0 spiro atoms. The third-order valence-electron chi connectivity index (χ3n) is 2.72. The molecule has 0 saturated carbocycles. The molecule has 0 aromatic heterocycles. The van der Waals surface area contributed by atoms with Crippen LogP contribution in [0.15, 0.2) is 47.4 Å². The van der Waals surface area contributed by atoms with Crippen LogP contribution >= 0.6 is 0 Å². The Bertz CT molecular complexity index is 710. The van der Waals surface area contributed by atoms with Gasteiger partial charge in [0.05, 0.1) is 4.90 Å². The first kappa shape index (κ1) is 14.4. The first-order chi connectivity index (χ1) is 9.34. The Labute approximate surface area is 114 Å². The summed E-state index contributed by atoms with van der Waals surface area (Å²) in [5.41, 5.74) is -0.683. The van der Waals surface area contributed by atoms with Crippen LogP contribution in [-0.4, -0.2) is 15.5 Å². The summed E-state index contributed by atoms with van der Waals surface area (Å²) in [5, 5.41) is 0. The number of halogens is 3. The summed E-state index contributed by atoms with van der Waals surface area (Å²) < 4.78 is 64.9. The number of nitrogens with zero attached hydrogens (tertiary/aromatic N) is 1. The first-order valence-electron chi connectivity index (χ1n) is 5.52. The van der Waals surface area contributed by atoms with Gasteiger partial charge in [-0.15, -0.1) is 0 Å². The second kappa shape index (κ2) is 5.16. The predicted octanol–water partition coefficient (Wildman–Crippen LogP) is 2.93. The van der Waals surface area contributed by atoms with Gasteiger partial charge >= 0.3 is 0 Å². The smallest absolute Gasteiger partial charge is 0.263 e. The van der Waals surface area contributed by atoms with E-state index >= 15 is 0 Å². The number of para-hydroxylation sites is 1. The Morgan fingerprint density at radius 3 is 1.90 bits per heavy atom. The lowest BCUT2D eigenvalue weighted by Crippen LogP contribution is -2.28. The van der Waals surface area contributed by atoms with E-state index in [1.165, 1.54) is 0 Å². The number of benzene rings is 2. The van der Waals surface area contributed by atoms with Gasteiger partial charge < -0.3 is 0 Å². The lowest BCUT2D eigenvalue weighted by molar-refractivity contribution is 0.571. The van der Waals surface area contributed by atoms with E-state index in [9.17, 15) is 21.6 Å². The SMILES string of the molecule is CN(c1c(F)cccc1F)S(=O)(=O)c1ccc(F)cc1. The summed E-state index contributed by atoms with van der Waals surface area (Å²) in [6, 6.07) is 7.01. The van der Waals surface area contributed by atoms with Crippen molar-refractivity contribution in [1.82, 2.24) is 0 Å². The largest absolute Gasteiger partial charge is 0.264 e. The fourth-order valence-corrected chi connectivity index (χ4v) is 2.89. The van der Waals surface area contributed by atoms with Crippen molar-refractivity contribution in [3.8, 4) is 0 Å². The molecule has 0 radical (unpaired) electrons. The Kier molecular flexibility index (Phi) is 3.71. The number of hydrogen-bond donors (Lipinski definition) is 0. The average Bonchev–Trinajstić information content (AvgIpc) is 2.38. The molecule has 3 nitrogen and oxygen atoms in total. The topological polar surface area (TPSA) is 37.4 Å². The highest BCUT2D eigenvalue weighted by atomic mass is 32.2. The van der Waals surface area contributed by atoms with E-state index in [1.807, 2.05) is 0 Å². The van der Waals surface area contributed by atoms with Crippen molar-refractivity contribution < 1.29 is 21.6 Å².